The second kappa shape index (κ2) is 4.99. The lowest BCUT2D eigenvalue weighted by atomic mass is 10.1. The molecule has 0 atom stereocenters. The molecule has 7 nitrogen and oxygen atoms in total. The van der Waals surface area contributed by atoms with Gasteiger partial charge in [0.2, 0.25) is 0 Å². The molecule has 0 radical (unpaired) electrons. The summed E-state index contributed by atoms with van der Waals surface area (Å²) in [7, 11) is 1.23. The van der Waals surface area contributed by atoms with Gasteiger partial charge in [0.05, 0.1) is 7.11 Å². The molecule has 1 rings (SSSR count). The third-order valence-electron chi connectivity index (χ3n) is 2.21. The molecule has 1 aromatic heterocycles. The van der Waals surface area contributed by atoms with Crippen molar-refractivity contribution < 1.29 is 14.5 Å². The molecular formula is C11H15N3O4. The Balaban J connectivity index is 3.39. The largest absolute Gasteiger partial charge is 0.452 e. The Morgan fingerprint density at radius 1 is 1.50 bits per heavy atom. The Hall–Kier alpha value is -2.18. The standard InChI is InChI=1S/C11H15N3O4/c1-11(2,3)13(10(15)18-4)8-6-5-7-12-9(8)14(16)17/h5-7H,1-4H3. The van der Waals surface area contributed by atoms with E-state index in [0.29, 0.717) is 0 Å². The van der Waals surface area contributed by atoms with Crippen molar-refractivity contribution in [1.29, 1.82) is 0 Å². The van der Waals surface area contributed by atoms with Crippen LogP contribution in [0.2, 0.25) is 0 Å². The van der Waals surface area contributed by atoms with E-state index >= 15 is 0 Å². The fraction of sp³-hybridized carbons (Fsp3) is 0.455. The predicted octanol–water partition coefficient (Wildman–Crippen LogP) is 2.36. The van der Waals surface area contributed by atoms with Crippen LogP contribution in [0.25, 0.3) is 0 Å². The molecule has 18 heavy (non-hydrogen) atoms. The lowest BCUT2D eigenvalue weighted by Crippen LogP contribution is -2.46. The van der Waals surface area contributed by atoms with Gasteiger partial charge in [-0.05, 0) is 42.8 Å². The van der Waals surface area contributed by atoms with Crippen molar-refractivity contribution in [3.05, 3.63) is 28.4 Å². The molecule has 0 aromatic carbocycles. The van der Waals surface area contributed by atoms with E-state index < -0.39 is 16.6 Å². The molecule has 0 aliphatic carbocycles. The van der Waals surface area contributed by atoms with Gasteiger partial charge in [0, 0.05) is 5.54 Å². The maximum absolute atomic E-state index is 11.8. The molecule has 1 heterocycles. The molecule has 0 unspecified atom stereocenters. The highest BCUT2D eigenvalue weighted by molar-refractivity contribution is 5.91. The van der Waals surface area contributed by atoms with Gasteiger partial charge in [-0.15, -0.1) is 0 Å². The second-order valence-corrected chi connectivity index (χ2v) is 4.58. The van der Waals surface area contributed by atoms with Crippen molar-refractivity contribution in [2.24, 2.45) is 0 Å². The zero-order valence-corrected chi connectivity index (χ0v) is 10.7. The van der Waals surface area contributed by atoms with Crippen LogP contribution in [0.3, 0.4) is 0 Å². The first-order chi connectivity index (χ1) is 8.29. The van der Waals surface area contributed by atoms with Crippen LogP contribution in [-0.4, -0.2) is 28.6 Å². The van der Waals surface area contributed by atoms with Gasteiger partial charge in [0.25, 0.3) is 0 Å². The van der Waals surface area contributed by atoms with Crippen LogP contribution in [-0.2, 0) is 4.74 Å². The smallest absolute Gasteiger partial charge is 0.414 e. The van der Waals surface area contributed by atoms with Crippen LogP contribution >= 0.6 is 0 Å². The molecule has 0 N–H and O–H groups in total. The van der Waals surface area contributed by atoms with Crippen molar-refractivity contribution in [2.45, 2.75) is 26.3 Å². The van der Waals surface area contributed by atoms with Gasteiger partial charge in [-0.25, -0.2) is 4.79 Å². The Kier molecular flexibility index (Phi) is 3.85. The third-order valence-corrected chi connectivity index (χ3v) is 2.21. The quantitative estimate of drug-likeness (QED) is 0.596. The maximum atomic E-state index is 11.8. The van der Waals surface area contributed by atoms with Gasteiger partial charge in [-0.2, -0.15) is 0 Å². The van der Waals surface area contributed by atoms with E-state index in [1.54, 1.807) is 20.8 Å². The van der Waals surface area contributed by atoms with Gasteiger partial charge in [-0.1, -0.05) is 0 Å². The predicted molar refractivity (Wildman–Crippen MR) is 65.5 cm³/mol. The molecule has 98 valence electrons. The topological polar surface area (TPSA) is 85.6 Å². The molecule has 0 aliphatic rings. The highest BCUT2D eigenvalue weighted by atomic mass is 16.6. The number of carbonyl (C=O) groups excluding carboxylic acids is 1. The van der Waals surface area contributed by atoms with E-state index in [2.05, 4.69) is 9.72 Å². The number of anilines is 1. The first kappa shape index (κ1) is 13.9. The number of pyridine rings is 1. The average Bonchev–Trinajstić information content (AvgIpc) is 2.27. The molecule has 0 saturated carbocycles. The highest BCUT2D eigenvalue weighted by Gasteiger charge is 2.34. The molecule has 0 bridgehead atoms. The van der Waals surface area contributed by atoms with Gasteiger partial charge < -0.3 is 14.9 Å². The highest BCUT2D eigenvalue weighted by Crippen LogP contribution is 2.31. The summed E-state index contributed by atoms with van der Waals surface area (Å²) >= 11 is 0. The molecule has 0 aliphatic heterocycles. The Morgan fingerprint density at radius 2 is 2.11 bits per heavy atom. The number of nitro groups is 1. The summed E-state index contributed by atoms with van der Waals surface area (Å²) in [6.07, 6.45) is 0.637. The van der Waals surface area contributed by atoms with E-state index in [9.17, 15) is 14.9 Å². The van der Waals surface area contributed by atoms with E-state index in [4.69, 9.17) is 0 Å². The second-order valence-electron chi connectivity index (χ2n) is 4.58. The third kappa shape index (κ3) is 2.73. The summed E-state index contributed by atoms with van der Waals surface area (Å²) < 4.78 is 4.66. The monoisotopic (exact) mass is 253 g/mol. The van der Waals surface area contributed by atoms with Crippen molar-refractivity contribution in [2.75, 3.05) is 12.0 Å². The first-order valence-electron chi connectivity index (χ1n) is 5.26. The number of methoxy groups -OCH3 is 1. The summed E-state index contributed by atoms with van der Waals surface area (Å²) in [5.41, 5.74) is -0.553. The van der Waals surface area contributed by atoms with Crippen LogP contribution in [0.1, 0.15) is 20.8 Å². The summed E-state index contributed by atoms with van der Waals surface area (Å²) in [5, 5.41) is 10.9. The van der Waals surface area contributed by atoms with Crippen molar-refractivity contribution >= 4 is 17.6 Å². The van der Waals surface area contributed by atoms with Crippen LogP contribution < -0.4 is 4.90 Å². The van der Waals surface area contributed by atoms with Crippen LogP contribution in [0.15, 0.2) is 18.3 Å². The summed E-state index contributed by atoms with van der Waals surface area (Å²) in [6, 6.07) is 3.00. The van der Waals surface area contributed by atoms with Crippen LogP contribution in [0.4, 0.5) is 16.3 Å². The zero-order valence-electron chi connectivity index (χ0n) is 10.7. The molecule has 0 spiro atoms. The van der Waals surface area contributed by atoms with E-state index in [1.165, 1.54) is 30.3 Å². The molecule has 0 saturated heterocycles. The molecule has 1 aromatic rings. The first-order valence-corrected chi connectivity index (χ1v) is 5.26. The average molecular weight is 253 g/mol. The number of hydrogen-bond acceptors (Lipinski definition) is 5. The van der Waals surface area contributed by atoms with Crippen molar-refractivity contribution in [3.63, 3.8) is 0 Å². The van der Waals surface area contributed by atoms with Crippen LogP contribution in [0.5, 0.6) is 0 Å². The number of ether oxygens (including phenoxy) is 1. The molecule has 1 amide bonds. The summed E-state index contributed by atoms with van der Waals surface area (Å²) in [5.74, 6) is -0.377. The van der Waals surface area contributed by atoms with Gasteiger partial charge in [0.1, 0.15) is 11.9 Å². The van der Waals surface area contributed by atoms with E-state index in [1.807, 2.05) is 0 Å². The van der Waals surface area contributed by atoms with Crippen LogP contribution in [0, 0.1) is 10.1 Å². The molecule has 7 heteroatoms. The molecule has 0 fully saturated rings. The minimum atomic E-state index is -0.668. The zero-order chi connectivity index (χ0) is 13.9. The van der Waals surface area contributed by atoms with E-state index in [-0.39, 0.29) is 11.5 Å². The summed E-state index contributed by atoms with van der Waals surface area (Å²) in [6.45, 7) is 5.25. The number of carbonyl (C=O) groups is 1. The number of amides is 1. The minimum absolute atomic E-state index is 0.113. The Labute approximate surface area is 105 Å². The summed E-state index contributed by atoms with van der Waals surface area (Å²) in [4.78, 5) is 27.0. The normalized spacial score (nSPS) is 10.9. The molecular weight excluding hydrogens is 238 g/mol. The number of hydrogen-bond donors (Lipinski definition) is 0. The maximum Gasteiger partial charge on any atom is 0.414 e. The Bertz CT molecular complexity index is 468. The SMILES string of the molecule is COC(=O)N(c1cccnc1[N+](=O)[O-])C(C)(C)C. The van der Waals surface area contributed by atoms with Gasteiger partial charge in [-0.3, -0.25) is 4.90 Å². The fourth-order valence-corrected chi connectivity index (χ4v) is 1.53. The fourth-order valence-electron chi connectivity index (χ4n) is 1.53. The van der Waals surface area contributed by atoms with Gasteiger partial charge in [0.15, 0.2) is 0 Å². The number of nitrogens with zero attached hydrogens (tertiary/aromatic N) is 3. The Morgan fingerprint density at radius 3 is 2.56 bits per heavy atom. The lowest BCUT2D eigenvalue weighted by molar-refractivity contribution is -0.388. The number of rotatable bonds is 2. The van der Waals surface area contributed by atoms with Crippen molar-refractivity contribution in [3.8, 4) is 0 Å². The number of aromatic nitrogens is 1. The van der Waals surface area contributed by atoms with E-state index in [0.717, 1.165) is 0 Å². The van der Waals surface area contributed by atoms with Gasteiger partial charge >= 0.3 is 11.9 Å². The lowest BCUT2D eigenvalue weighted by Gasteiger charge is -2.33. The minimum Gasteiger partial charge on any atom is -0.452 e. The van der Waals surface area contributed by atoms with Crippen molar-refractivity contribution in [1.82, 2.24) is 4.98 Å².